The Hall–Kier alpha value is -3.75. The van der Waals surface area contributed by atoms with Crippen molar-refractivity contribution in [3.63, 3.8) is 0 Å². The van der Waals surface area contributed by atoms with Gasteiger partial charge in [-0.2, -0.15) is 10.1 Å². The minimum absolute atomic E-state index is 0.184. The van der Waals surface area contributed by atoms with E-state index in [0.29, 0.717) is 41.1 Å². The van der Waals surface area contributed by atoms with Gasteiger partial charge in [0.1, 0.15) is 5.76 Å². The van der Waals surface area contributed by atoms with Gasteiger partial charge in [0.2, 0.25) is 0 Å². The first-order chi connectivity index (χ1) is 14.0. The third kappa shape index (κ3) is 3.79. The zero-order valence-corrected chi connectivity index (χ0v) is 16.3. The molecule has 4 rings (SSSR count). The molecule has 29 heavy (non-hydrogen) atoms. The highest BCUT2D eigenvalue weighted by Gasteiger charge is 2.17. The number of hydrogen-bond acceptors (Lipinski definition) is 7. The summed E-state index contributed by atoms with van der Waals surface area (Å²) < 4.78 is 12.1. The summed E-state index contributed by atoms with van der Waals surface area (Å²) >= 11 is 0. The van der Waals surface area contributed by atoms with Crippen molar-refractivity contribution in [2.45, 2.75) is 33.2 Å². The maximum atomic E-state index is 12.4. The van der Waals surface area contributed by atoms with Crippen molar-refractivity contribution >= 4 is 5.91 Å². The molecule has 0 spiro atoms. The Morgan fingerprint density at radius 3 is 2.76 bits per heavy atom. The summed E-state index contributed by atoms with van der Waals surface area (Å²) in [5.74, 6) is 2.29. The van der Waals surface area contributed by atoms with Crippen LogP contribution in [0, 0.1) is 6.92 Å². The van der Waals surface area contributed by atoms with Crippen LogP contribution in [0.15, 0.2) is 51.9 Å². The summed E-state index contributed by atoms with van der Waals surface area (Å²) in [5.41, 5.74) is 1.87. The van der Waals surface area contributed by atoms with Crippen LogP contribution in [0.25, 0.3) is 17.3 Å². The second-order valence-electron chi connectivity index (χ2n) is 6.84. The number of furan rings is 1. The Labute approximate surface area is 166 Å². The highest BCUT2D eigenvalue weighted by molar-refractivity contribution is 5.95. The Balaban J connectivity index is 1.50. The third-order valence-electron chi connectivity index (χ3n) is 4.43. The van der Waals surface area contributed by atoms with Crippen LogP contribution in [0.3, 0.4) is 0 Å². The van der Waals surface area contributed by atoms with Crippen molar-refractivity contribution in [2.24, 2.45) is 0 Å². The van der Waals surface area contributed by atoms with E-state index in [-0.39, 0.29) is 11.8 Å². The van der Waals surface area contributed by atoms with Crippen molar-refractivity contribution in [3.05, 3.63) is 65.8 Å². The number of aromatic nitrogens is 5. The second kappa shape index (κ2) is 7.70. The molecule has 4 aromatic rings. The molecule has 0 aromatic carbocycles. The van der Waals surface area contributed by atoms with E-state index in [0.717, 1.165) is 5.56 Å². The van der Waals surface area contributed by atoms with Crippen molar-refractivity contribution in [1.82, 2.24) is 30.2 Å². The van der Waals surface area contributed by atoms with Gasteiger partial charge >= 0.3 is 0 Å². The first kappa shape index (κ1) is 18.6. The molecule has 0 saturated carbocycles. The largest absolute Gasteiger partial charge is 0.467 e. The lowest BCUT2D eigenvalue weighted by molar-refractivity contribution is 0.0947. The molecule has 9 heteroatoms. The summed E-state index contributed by atoms with van der Waals surface area (Å²) in [6, 6.07) is 7.20. The quantitative estimate of drug-likeness (QED) is 0.536. The molecular weight excluding hydrogens is 372 g/mol. The van der Waals surface area contributed by atoms with Crippen LogP contribution < -0.4 is 5.32 Å². The lowest BCUT2D eigenvalue weighted by Gasteiger charge is -2.05. The van der Waals surface area contributed by atoms with Crippen LogP contribution in [-0.4, -0.2) is 30.8 Å². The van der Waals surface area contributed by atoms with Crippen LogP contribution >= 0.6 is 0 Å². The summed E-state index contributed by atoms with van der Waals surface area (Å²) in [6.45, 7) is 6.13. The first-order valence-corrected chi connectivity index (χ1v) is 9.18. The van der Waals surface area contributed by atoms with Crippen molar-refractivity contribution in [1.29, 1.82) is 0 Å². The van der Waals surface area contributed by atoms with Gasteiger partial charge in [-0.15, -0.1) is 0 Å². The average Bonchev–Trinajstić information content (AvgIpc) is 3.47. The van der Waals surface area contributed by atoms with Crippen LogP contribution in [0.2, 0.25) is 0 Å². The van der Waals surface area contributed by atoms with E-state index >= 15 is 0 Å². The van der Waals surface area contributed by atoms with E-state index in [4.69, 9.17) is 8.94 Å². The van der Waals surface area contributed by atoms with Crippen LogP contribution in [0.4, 0.5) is 0 Å². The summed E-state index contributed by atoms with van der Waals surface area (Å²) in [4.78, 5) is 21.2. The van der Waals surface area contributed by atoms with Crippen molar-refractivity contribution in [2.75, 3.05) is 0 Å². The van der Waals surface area contributed by atoms with Gasteiger partial charge in [-0.25, -0.2) is 9.67 Å². The van der Waals surface area contributed by atoms with Gasteiger partial charge < -0.3 is 14.3 Å². The number of amides is 1. The highest BCUT2D eigenvalue weighted by Crippen LogP contribution is 2.21. The first-order valence-electron chi connectivity index (χ1n) is 9.18. The number of carbonyl (C=O) groups excluding carboxylic acids is 1. The zero-order chi connectivity index (χ0) is 20.4. The van der Waals surface area contributed by atoms with Crippen molar-refractivity contribution < 1.29 is 13.7 Å². The van der Waals surface area contributed by atoms with E-state index in [9.17, 15) is 4.79 Å². The summed E-state index contributed by atoms with van der Waals surface area (Å²) in [5, 5.41) is 11.1. The number of carbonyl (C=O) groups is 1. The normalized spacial score (nSPS) is 11.2. The van der Waals surface area contributed by atoms with Gasteiger partial charge in [-0.3, -0.25) is 4.79 Å². The van der Waals surface area contributed by atoms with Crippen LogP contribution in [-0.2, 0) is 6.54 Å². The molecule has 4 aromatic heterocycles. The molecule has 4 heterocycles. The van der Waals surface area contributed by atoms with E-state index in [1.165, 1.54) is 6.20 Å². The maximum absolute atomic E-state index is 12.4. The number of nitrogens with zero attached hydrogens (tertiary/aromatic N) is 5. The van der Waals surface area contributed by atoms with E-state index in [2.05, 4.69) is 25.5 Å². The molecule has 9 nitrogen and oxygen atoms in total. The van der Waals surface area contributed by atoms with Crippen LogP contribution in [0.1, 0.15) is 47.4 Å². The minimum atomic E-state index is -0.228. The summed E-state index contributed by atoms with van der Waals surface area (Å²) in [6.07, 6.45) is 4.73. The molecule has 0 aliphatic heterocycles. The van der Waals surface area contributed by atoms with Crippen molar-refractivity contribution in [3.8, 4) is 17.3 Å². The standard InChI is InChI=1S/C20H20N6O3/c1-12(2)18-24-20(29-25-18)14-6-7-17(21-9-14)26-13(3)16(11-23-26)19(27)22-10-15-5-4-8-28-15/h4-9,11-12H,10H2,1-3H3,(H,22,27). The Bertz CT molecular complexity index is 1110. The zero-order valence-electron chi connectivity index (χ0n) is 16.3. The summed E-state index contributed by atoms with van der Waals surface area (Å²) in [7, 11) is 0. The number of rotatable bonds is 6. The number of nitrogens with one attached hydrogen (secondary N) is 1. The Morgan fingerprint density at radius 1 is 1.24 bits per heavy atom. The predicted molar refractivity (Wildman–Crippen MR) is 103 cm³/mol. The van der Waals surface area contributed by atoms with Gasteiger partial charge in [-0.05, 0) is 31.2 Å². The lowest BCUT2D eigenvalue weighted by atomic mass is 10.2. The molecule has 1 N–H and O–H groups in total. The SMILES string of the molecule is Cc1c(C(=O)NCc2ccco2)cnn1-c1ccc(-c2nc(C(C)C)no2)cn1. The molecule has 0 aliphatic carbocycles. The van der Waals surface area contributed by atoms with E-state index in [1.54, 1.807) is 35.3 Å². The maximum Gasteiger partial charge on any atom is 0.259 e. The smallest absolute Gasteiger partial charge is 0.259 e. The highest BCUT2D eigenvalue weighted by atomic mass is 16.5. The molecule has 0 unspecified atom stereocenters. The minimum Gasteiger partial charge on any atom is -0.467 e. The Morgan fingerprint density at radius 2 is 2.10 bits per heavy atom. The van der Waals surface area contributed by atoms with Gasteiger partial charge in [0.25, 0.3) is 11.8 Å². The number of pyridine rings is 1. The lowest BCUT2D eigenvalue weighted by Crippen LogP contribution is -2.23. The fourth-order valence-corrected chi connectivity index (χ4v) is 2.76. The molecule has 1 amide bonds. The molecule has 0 bridgehead atoms. The van der Waals surface area contributed by atoms with Gasteiger partial charge in [0, 0.05) is 12.1 Å². The second-order valence-corrected chi connectivity index (χ2v) is 6.84. The molecule has 148 valence electrons. The van der Waals surface area contributed by atoms with E-state index in [1.807, 2.05) is 26.8 Å². The predicted octanol–water partition coefficient (Wildman–Crippen LogP) is 3.27. The van der Waals surface area contributed by atoms with Crippen LogP contribution in [0.5, 0.6) is 0 Å². The fourth-order valence-electron chi connectivity index (χ4n) is 2.76. The molecule has 0 atom stereocenters. The molecule has 0 fully saturated rings. The molecule has 0 radical (unpaired) electrons. The van der Waals surface area contributed by atoms with Gasteiger partial charge in [-0.1, -0.05) is 19.0 Å². The molecule has 0 saturated heterocycles. The van der Waals surface area contributed by atoms with Gasteiger partial charge in [0.15, 0.2) is 11.6 Å². The monoisotopic (exact) mass is 392 g/mol. The Kier molecular flexibility index (Phi) is 4.94. The molecule has 0 aliphatic rings. The fraction of sp³-hybridized carbons (Fsp3) is 0.250. The van der Waals surface area contributed by atoms with E-state index < -0.39 is 0 Å². The number of hydrogen-bond donors (Lipinski definition) is 1. The van der Waals surface area contributed by atoms with Gasteiger partial charge in [0.05, 0.1) is 35.8 Å². The molecular formula is C20H20N6O3. The third-order valence-corrected chi connectivity index (χ3v) is 4.43. The topological polar surface area (TPSA) is 112 Å². The average molecular weight is 392 g/mol.